The van der Waals surface area contributed by atoms with Crippen molar-refractivity contribution in [3.8, 4) is 16.9 Å². The Morgan fingerprint density at radius 3 is 2.00 bits per heavy atom. The summed E-state index contributed by atoms with van der Waals surface area (Å²) < 4.78 is 6.69. The van der Waals surface area contributed by atoms with Gasteiger partial charge in [0.05, 0.1) is 34.9 Å². The number of imidazole rings is 1. The molecule has 0 amide bonds. The standard InChI is InChI=1S/C58H70ClN7OS/c59-55-46(2-1-3-47(55)54-42-15-37-16-43(54)26-58(22-37,25-42)64-31-53-61-29-51(68-53)38-4-5-38)39-6-7-44(60-27-39)28-62-57-21-36-13-40(23-57)48(41(14-36)24-57)32-67-45-8-9-49-50(17-45)66-52(65-49)30-63-56-18-33-10-34(19-56)12-35(11-33)20-56/h1-3,6-9,17,27,29,33-38,40-43,48,54,62-64H,4-5,10-16,18-26,28,30-32H2,(H,65,66). The lowest BCUT2D eigenvalue weighted by Crippen LogP contribution is -2.61. The van der Waals surface area contributed by atoms with Crippen molar-refractivity contribution in [3.63, 3.8) is 0 Å². The number of benzene rings is 2. The van der Waals surface area contributed by atoms with Crippen molar-refractivity contribution in [2.24, 2.45) is 59.2 Å². The van der Waals surface area contributed by atoms with E-state index < -0.39 is 0 Å². The molecule has 4 atom stereocenters. The van der Waals surface area contributed by atoms with Crippen LogP contribution in [-0.4, -0.2) is 43.2 Å². The average Bonchev–Trinajstić information content (AvgIpc) is 3.91. The Kier molecular flexibility index (Phi) is 10.0. The molecule has 4 unspecified atom stereocenters. The van der Waals surface area contributed by atoms with E-state index in [1.54, 1.807) is 0 Å². The second-order valence-corrected chi connectivity index (χ2v) is 26.8. The summed E-state index contributed by atoms with van der Waals surface area (Å²) in [6, 6.07) is 17.8. The second kappa shape index (κ2) is 16.1. The van der Waals surface area contributed by atoms with Crippen molar-refractivity contribution < 1.29 is 4.74 Å². The predicted molar refractivity (Wildman–Crippen MR) is 271 cm³/mol. The number of thiazole rings is 1. The summed E-state index contributed by atoms with van der Waals surface area (Å²) in [5.74, 6) is 11.3. The van der Waals surface area contributed by atoms with Crippen LogP contribution in [0.4, 0.5) is 0 Å². The number of halogens is 1. The van der Waals surface area contributed by atoms with Crippen LogP contribution in [0.2, 0.25) is 5.02 Å². The zero-order valence-corrected chi connectivity index (χ0v) is 41.4. The van der Waals surface area contributed by atoms with Gasteiger partial charge in [0.15, 0.2) is 0 Å². The summed E-state index contributed by atoms with van der Waals surface area (Å²) in [4.78, 5) is 20.1. The zero-order chi connectivity index (χ0) is 44.8. The molecule has 10 heteroatoms. The highest BCUT2D eigenvalue weighted by atomic mass is 35.5. The fraction of sp³-hybridized carbons (Fsp3) is 0.638. The van der Waals surface area contributed by atoms with E-state index in [0.717, 1.165) is 118 Å². The Hall–Kier alpha value is -3.34. The normalized spacial score (nSPS) is 39.2. The van der Waals surface area contributed by atoms with Crippen molar-refractivity contribution >= 4 is 34.0 Å². The third kappa shape index (κ3) is 7.55. The molecule has 13 fully saturated rings. The van der Waals surface area contributed by atoms with Gasteiger partial charge in [-0.05, 0) is 210 Å². The number of hydrogen-bond donors (Lipinski definition) is 4. The highest BCUT2D eigenvalue weighted by molar-refractivity contribution is 7.11. The van der Waals surface area contributed by atoms with E-state index in [1.165, 1.54) is 131 Å². The minimum atomic E-state index is 0.216. The first kappa shape index (κ1) is 42.4. The molecule has 4 N–H and O–H groups in total. The number of nitrogens with one attached hydrogen (secondary N) is 4. The highest BCUT2D eigenvalue weighted by Gasteiger charge is 2.57. The van der Waals surface area contributed by atoms with Gasteiger partial charge in [0.2, 0.25) is 0 Å². The predicted octanol–water partition coefficient (Wildman–Crippen LogP) is 12.5. The van der Waals surface area contributed by atoms with Gasteiger partial charge in [0.1, 0.15) is 16.6 Å². The van der Waals surface area contributed by atoms with Crippen LogP contribution in [-0.2, 0) is 19.6 Å². The Labute approximate surface area is 411 Å². The van der Waals surface area contributed by atoms with E-state index in [4.69, 9.17) is 31.3 Å². The molecule has 12 bridgehead atoms. The lowest BCUT2D eigenvalue weighted by molar-refractivity contribution is -0.0799. The number of aromatic amines is 1. The monoisotopic (exact) mass is 948 g/mol. The molecular weight excluding hydrogens is 878 g/mol. The van der Waals surface area contributed by atoms with E-state index in [9.17, 15) is 0 Å². The molecule has 0 radical (unpaired) electrons. The average molecular weight is 949 g/mol. The number of nitrogens with zero attached hydrogens (tertiary/aromatic N) is 3. The van der Waals surface area contributed by atoms with Gasteiger partial charge in [-0.2, -0.15) is 0 Å². The number of aromatic nitrogens is 4. The van der Waals surface area contributed by atoms with Gasteiger partial charge in [-0.1, -0.05) is 35.9 Å². The molecule has 18 rings (SSSR count). The molecule has 3 aromatic heterocycles. The third-order valence-electron chi connectivity index (χ3n) is 20.7. The molecule has 13 saturated carbocycles. The quantitative estimate of drug-likeness (QED) is 0.0829. The second-order valence-electron chi connectivity index (χ2n) is 25.3. The summed E-state index contributed by atoms with van der Waals surface area (Å²) in [6.07, 6.45) is 28.5. The molecule has 2 aromatic carbocycles. The van der Waals surface area contributed by atoms with Gasteiger partial charge in [0.25, 0.3) is 0 Å². The fourth-order valence-electron chi connectivity index (χ4n) is 18.6. The van der Waals surface area contributed by atoms with Crippen LogP contribution in [0.15, 0.2) is 60.9 Å². The maximum absolute atomic E-state index is 7.49. The summed E-state index contributed by atoms with van der Waals surface area (Å²) in [5.41, 5.74) is 7.73. The smallest absolute Gasteiger partial charge is 0.121 e. The number of fused-ring (bicyclic) bond motifs is 1. The van der Waals surface area contributed by atoms with Gasteiger partial charge in [-0.25, -0.2) is 9.97 Å². The maximum Gasteiger partial charge on any atom is 0.121 e. The summed E-state index contributed by atoms with van der Waals surface area (Å²) in [5, 5.41) is 14.5. The van der Waals surface area contributed by atoms with Crippen LogP contribution in [0.3, 0.4) is 0 Å². The molecule has 356 valence electrons. The summed E-state index contributed by atoms with van der Waals surface area (Å²) in [7, 11) is 0. The van der Waals surface area contributed by atoms with Crippen molar-refractivity contribution in [2.75, 3.05) is 6.61 Å². The Morgan fingerprint density at radius 1 is 0.662 bits per heavy atom. The van der Waals surface area contributed by atoms with E-state index in [0.29, 0.717) is 29.2 Å². The first-order valence-electron chi connectivity index (χ1n) is 27.3. The molecule has 68 heavy (non-hydrogen) atoms. The number of ether oxygens (including phenoxy) is 1. The van der Waals surface area contributed by atoms with E-state index in [2.05, 4.69) is 81.9 Å². The van der Waals surface area contributed by atoms with Crippen molar-refractivity contribution in [2.45, 2.75) is 164 Å². The molecule has 3 heterocycles. The topological polar surface area (TPSA) is 99.8 Å². The molecule has 13 aliphatic carbocycles. The lowest BCUT2D eigenvalue weighted by atomic mass is 9.48. The van der Waals surface area contributed by atoms with Crippen LogP contribution in [0.25, 0.3) is 22.2 Å². The number of hydrogen-bond acceptors (Lipinski definition) is 8. The van der Waals surface area contributed by atoms with Gasteiger partial charge < -0.3 is 25.7 Å². The van der Waals surface area contributed by atoms with Crippen molar-refractivity contribution in [1.82, 2.24) is 35.9 Å². The lowest BCUT2D eigenvalue weighted by Gasteiger charge is -2.60. The first-order valence-corrected chi connectivity index (χ1v) is 28.5. The highest BCUT2D eigenvalue weighted by Crippen LogP contribution is 2.63. The van der Waals surface area contributed by atoms with E-state index >= 15 is 0 Å². The Balaban J connectivity index is 0.565. The number of H-pyrrole nitrogens is 1. The summed E-state index contributed by atoms with van der Waals surface area (Å²) >= 11 is 9.43. The van der Waals surface area contributed by atoms with Crippen LogP contribution >= 0.6 is 22.9 Å². The molecule has 0 aliphatic heterocycles. The first-order chi connectivity index (χ1) is 33.2. The third-order valence-corrected chi connectivity index (χ3v) is 22.3. The van der Waals surface area contributed by atoms with Gasteiger partial charge in [-0.15, -0.1) is 11.3 Å². The molecular formula is C58H70ClN7OS. The molecule has 5 aromatic rings. The minimum Gasteiger partial charge on any atom is -0.493 e. The molecule has 8 nitrogen and oxygen atoms in total. The SMILES string of the molecule is Clc1c(-c2ccc(CNC34CC5CC(C3)C(COc3ccc6nc(CNC78CC9CC(CC(C9)C7)C8)[nH]c6c3)C(C5)C4)nc2)cccc1C1C2CC3CC1CC(NCc1ncc(C4CC4)s1)(C3)C2. The number of rotatable bonds is 15. The van der Waals surface area contributed by atoms with E-state index in [-0.39, 0.29) is 11.1 Å². The summed E-state index contributed by atoms with van der Waals surface area (Å²) in [6.45, 7) is 3.40. The van der Waals surface area contributed by atoms with E-state index in [1.807, 2.05) is 11.3 Å². The largest absolute Gasteiger partial charge is 0.493 e. The Bertz CT molecular complexity index is 2660. The van der Waals surface area contributed by atoms with Gasteiger partial charge in [-0.3, -0.25) is 4.98 Å². The maximum atomic E-state index is 7.49. The van der Waals surface area contributed by atoms with Crippen LogP contribution < -0.4 is 20.7 Å². The van der Waals surface area contributed by atoms with Crippen molar-refractivity contribution in [3.05, 3.63) is 92.9 Å². The van der Waals surface area contributed by atoms with Crippen LogP contribution in [0.5, 0.6) is 5.75 Å². The van der Waals surface area contributed by atoms with Crippen molar-refractivity contribution in [1.29, 1.82) is 0 Å². The van der Waals surface area contributed by atoms with Gasteiger partial charge in [0, 0.05) is 64.2 Å². The molecule has 13 aliphatic rings. The zero-order valence-electron chi connectivity index (χ0n) is 39.8. The molecule has 0 spiro atoms. The molecule has 0 saturated heterocycles. The number of pyridine rings is 1. The van der Waals surface area contributed by atoms with Crippen LogP contribution in [0, 0.1) is 59.2 Å². The minimum absolute atomic E-state index is 0.216. The van der Waals surface area contributed by atoms with Gasteiger partial charge >= 0.3 is 0 Å². The van der Waals surface area contributed by atoms with Crippen LogP contribution in [0.1, 0.15) is 154 Å². The Morgan fingerprint density at radius 2 is 1.31 bits per heavy atom. The fourth-order valence-corrected chi connectivity index (χ4v) is 20.0.